The molecule has 7 heteroatoms. The summed E-state index contributed by atoms with van der Waals surface area (Å²) in [7, 11) is 0. The molecule has 108 valence electrons. The number of rotatable bonds is 3. The summed E-state index contributed by atoms with van der Waals surface area (Å²) in [6.45, 7) is 0.453. The van der Waals surface area contributed by atoms with Crippen LogP contribution in [0.5, 0.6) is 0 Å². The first-order chi connectivity index (χ1) is 10.2. The van der Waals surface area contributed by atoms with E-state index >= 15 is 0 Å². The first kappa shape index (κ1) is 13.3. The van der Waals surface area contributed by atoms with Crippen LogP contribution in [0, 0.1) is 0 Å². The molecule has 3 rings (SSSR count). The van der Waals surface area contributed by atoms with Crippen LogP contribution in [0.2, 0.25) is 0 Å². The Morgan fingerprint density at radius 2 is 2.29 bits per heavy atom. The molecule has 21 heavy (non-hydrogen) atoms. The Hall–Kier alpha value is -2.67. The minimum Gasteiger partial charge on any atom is -0.353 e. The summed E-state index contributed by atoms with van der Waals surface area (Å²) in [6, 6.07) is 8.82. The van der Waals surface area contributed by atoms with Gasteiger partial charge in [-0.25, -0.2) is 4.68 Å². The van der Waals surface area contributed by atoms with Crippen molar-refractivity contribution in [3.8, 4) is 5.69 Å². The van der Waals surface area contributed by atoms with Gasteiger partial charge in [-0.1, -0.05) is 6.07 Å². The van der Waals surface area contributed by atoms with E-state index in [1.165, 1.54) is 0 Å². The van der Waals surface area contributed by atoms with Crippen LogP contribution in [0.25, 0.3) is 5.69 Å². The third-order valence-corrected chi connectivity index (χ3v) is 3.21. The Morgan fingerprint density at radius 3 is 3.00 bits per heavy atom. The molecular formula is C14H15N5O2. The topological polar surface area (TPSA) is 88.1 Å². The van der Waals surface area contributed by atoms with E-state index in [1.54, 1.807) is 10.9 Å². The highest BCUT2D eigenvalue weighted by Crippen LogP contribution is 2.14. The first-order valence-corrected chi connectivity index (χ1v) is 6.63. The third kappa shape index (κ3) is 3.09. The fourth-order valence-electron chi connectivity index (χ4n) is 2.13. The van der Waals surface area contributed by atoms with Crippen LogP contribution in [0.15, 0.2) is 42.7 Å². The van der Waals surface area contributed by atoms with Crippen molar-refractivity contribution in [3.63, 3.8) is 0 Å². The van der Waals surface area contributed by atoms with Crippen molar-refractivity contribution in [3.05, 3.63) is 42.7 Å². The number of carbonyl (C=O) groups is 2. The van der Waals surface area contributed by atoms with Crippen LogP contribution in [0.3, 0.4) is 0 Å². The highest BCUT2D eigenvalue weighted by atomic mass is 16.2. The quantitative estimate of drug-likeness (QED) is 0.735. The molecule has 1 aliphatic rings. The number of benzene rings is 1. The number of hydrogen-bond acceptors (Lipinski definition) is 4. The lowest BCUT2D eigenvalue weighted by atomic mass is 10.2. The SMILES string of the molecule is O=C1CNC(C(=O)Nc2cccc(-n3cccn3)c2)CN1. The summed E-state index contributed by atoms with van der Waals surface area (Å²) in [6.07, 6.45) is 3.53. The van der Waals surface area contributed by atoms with Gasteiger partial charge in [0.1, 0.15) is 6.04 Å². The lowest BCUT2D eigenvalue weighted by Gasteiger charge is -2.23. The van der Waals surface area contributed by atoms with Gasteiger partial charge in [-0.3, -0.25) is 14.9 Å². The molecule has 1 aliphatic heterocycles. The van der Waals surface area contributed by atoms with Crippen LogP contribution in [0.1, 0.15) is 0 Å². The summed E-state index contributed by atoms with van der Waals surface area (Å²) in [5.41, 5.74) is 1.55. The van der Waals surface area contributed by atoms with Crippen LogP contribution in [-0.4, -0.2) is 40.7 Å². The van der Waals surface area contributed by atoms with Crippen molar-refractivity contribution in [1.82, 2.24) is 20.4 Å². The van der Waals surface area contributed by atoms with Gasteiger partial charge in [0.2, 0.25) is 11.8 Å². The lowest BCUT2D eigenvalue weighted by Crippen LogP contribution is -2.56. The standard InChI is InChI=1S/C14H15N5O2/c20-13-9-15-12(8-16-13)14(21)18-10-3-1-4-11(7-10)19-6-2-5-17-19/h1-7,12,15H,8-9H2,(H,16,20)(H,18,21). The minimum atomic E-state index is -0.420. The largest absolute Gasteiger partial charge is 0.353 e. The lowest BCUT2D eigenvalue weighted by molar-refractivity contribution is -0.124. The molecule has 2 amide bonds. The maximum absolute atomic E-state index is 12.1. The van der Waals surface area contributed by atoms with E-state index in [2.05, 4.69) is 21.0 Å². The maximum Gasteiger partial charge on any atom is 0.243 e. The highest BCUT2D eigenvalue weighted by molar-refractivity contribution is 5.96. The van der Waals surface area contributed by atoms with E-state index in [1.807, 2.05) is 36.5 Å². The monoisotopic (exact) mass is 285 g/mol. The van der Waals surface area contributed by atoms with Crippen molar-refractivity contribution < 1.29 is 9.59 Å². The molecular weight excluding hydrogens is 270 g/mol. The zero-order chi connectivity index (χ0) is 14.7. The Morgan fingerprint density at radius 1 is 1.38 bits per heavy atom. The van der Waals surface area contributed by atoms with Gasteiger partial charge < -0.3 is 10.6 Å². The van der Waals surface area contributed by atoms with Crippen LogP contribution < -0.4 is 16.0 Å². The first-order valence-electron chi connectivity index (χ1n) is 6.63. The zero-order valence-corrected chi connectivity index (χ0v) is 11.2. The molecule has 7 nitrogen and oxygen atoms in total. The van der Waals surface area contributed by atoms with Crippen molar-refractivity contribution in [2.75, 3.05) is 18.4 Å². The van der Waals surface area contributed by atoms with Crippen molar-refractivity contribution in [1.29, 1.82) is 0 Å². The number of aromatic nitrogens is 2. The molecule has 2 aromatic rings. The predicted octanol–water partition coefficient (Wildman–Crippen LogP) is -0.101. The van der Waals surface area contributed by atoms with E-state index in [4.69, 9.17) is 0 Å². The Balaban J connectivity index is 1.69. The number of amides is 2. The molecule has 0 aliphatic carbocycles. The highest BCUT2D eigenvalue weighted by Gasteiger charge is 2.23. The summed E-state index contributed by atoms with van der Waals surface area (Å²) in [5, 5.41) is 12.5. The molecule has 1 aromatic heterocycles. The van der Waals surface area contributed by atoms with E-state index in [0.29, 0.717) is 12.2 Å². The molecule has 0 saturated carbocycles. The molecule has 0 spiro atoms. The molecule has 1 atom stereocenters. The number of carbonyl (C=O) groups excluding carboxylic acids is 2. The van der Waals surface area contributed by atoms with Gasteiger partial charge in [0.25, 0.3) is 0 Å². The fraction of sp³-hybridized carbons (Fsp3) is 0.214. The average molecular weight is 285 g/mol. The number of nitrogens with one attached hydrogen (secondary N) is 3. The number of nitrogens with zero attached hydrogens (tertiary/aromatic N) is 2. The Labute approximate surface area is 121 Å². The summed E-state index contributed by atoms with van der Waals surface area (Å²) in [4.78, 5) is 23.2. The zero-order valence-electron chi connectivity index (χ0n) is 11.2. The number of hydrogen-bond donors (Lipinski definition) is 3. The normalized spacial score (nSPS) is 18.1. The number of piperazine rings is 1. The van der Waals surface area contributed by atoms with E-state index in [9.17, 15) is 9.59 Å². The van der Waals surface area contributed by atoms with E-state index in [-0.39, 0.29) is 18.4 Å². The summed E-state index contributed by atoms with van der Waals surface area (Å²) < 4.78 is 1.72. The van der Waals surface area contributed by atoms with Crippen LogP contribution in [-0.2, 0) is 9.59 Å². The maximum atomic E-state index is 12.1. The molecule has 0 radical (unpaired) electrons. The van der Waals surface area contributed by atoms with Gasteiger partial charge in [0.05, 0.1) is 12.2 Å². The molecule has 1 unspecified atom stereocenters. The van der Waals surface area contributed by atoms with Gasteiger partial charge in [0.15, 0.2) is 0 Å². The second-order valence-corrected chi connectivity index (χ2v) is 4.73. The van der Waals surface area contributed by atoms with Crippen LogP contribution in [0.4, 0.5) is 5.69 Å². The van der Waals surface area contributed by atoms with Crippen molar-refractivity contribution >= 4 is 17.5 Å². The second-order valence-electron chi connectivity index (χ2n) is 4.73. The minimum absolute atomic E-state index is 0.0975. The molecule has 1 aromatic carbocycles. The van der Waals surface area contributed by atoms with Gasteiger partial charge >= 0.3 is 0 Å². The molecule has 1 fully saturated rings. The summed E-state index contributed by atoms with van der Waals surface area (Å²) in [5.74, 6) is -0.271. The molecule has 2 heterocycles. The molecule has 0 bridgehead atoms. The molecule has 3 N–H and O–H groups in total. The smallest absolute Gasteiger partial charge is 0.243 e. The number of anilines is 1. The Kier molecular flexibility index (Phi) is 3.65. The third-order valence-electron chi connectivity index (χ3n) is 3.21. The average Bonchev–Trinajstić information content (AvgIpc) is 3.02. The van der Waals surface area contributed by atoms with Gasteiger partial charge in [-0.15, -0.1) is 0 Å². The fourth-order valence-corrected chi connectivity index (χ4v) is 2.13. The van der Waals surface area contributed by atoms with E-state index in [0.717, 1.165) is 5.69 Å². The van der Waals surface area contributed by atoms with Crippen LogP contribution >= 0.6 is 0 Å². The Bertz CT molecular complexity index is 643. The molecule has 1 saturated heterocycles. The second kappa shape index (κ2) is 5.76. The van der Waals surface area contributed by atoms with E-state index < -0.39 is 6.04 Å². The van der Waals surface area contributed by atoms with Gasteiger partial charge in [-0.2, -0.15) is 5.10 Å². The van der Waals surface area contributed by atoms with Crippen molar-refractivity contribution in [2.45, 2.75) is 6.04 Å². The summed E-state index contributed by atoms with van der Waals surface area (Å²) >= 11 is 0. The van der Waals surface area contributed by atoms with Gasteiger partial charge in [-0.05, 0) is 24.3 Å². The van der Waals surface area contributed by atoms with Crippen molar-refractivity contribution in [2.24, 2.45) is 0 Å². The predicted molar refractivity (Wildman–Crippen MR) is 77.0 cm³/mol. The van der Waals surface area contributed by atoms with Gasteiger partial charge in [0, 0.05) is 24.6 Å².